The largest absolute Gasteiger partial charge is 0.307 e. The summed E-state index contributed by atoms with van der Waals surface area (Å²) in [4.78, 5) is 0. The molecule has 2 rings (SSSR count). The van der Waals surface area contributed by atoms with Crippen LogP contribution in [0.5, 0.6) is 0 Å². The average Bonchev–Trinajstić information content (AvgIpc) is 2.61. The summed E-state index contributed by atoms with van der Waals surface area (Å²) in [6, 6.07) is 12.1. The van der Waals surface area contributed by atoms with E-state index < -0.39 is 0 Å². The Kier molecular flexibility index (Phi) is 4.82. The molecular formula is C20H33N. The van der Waals surface area contributed by atoms with Gasteiger partial charge in [0.05, 0.1) is 0 Å². The third-order valence-corrected chi connectivity index (χ3v) is 4.77. The van der Waals surface area contributed by atoms with E-state index in [0.717, 1.165) is 5.92 Å². The van der Waals surface area contributed by atoms with Gasteiger partial charge in [0, 0.05) is 12.1 Å². The van der Waals surface area contributed by atoms with Crippen LogP contribution >= 0.6 is 0 Å². The molecule has 1 nitrogen and oxygen atoms in total. The molecule has 1 aliphatic rings. The molecule has 1 aliphatic carbocycles. The molecule has 0 aromatic heterocycles. The highest BCUT2D eigenvalue weighted by Gasteiger charge is 2.37. The Labute approximate surface area is 131 Å². The standard InChI is InChI=1S/C20H33N/c1-15-12-20(5,6)14-17(15)21-18(13-19(2,3)4)16-10-8-7-9-11-16/h7-11,15,17-18,21H,12-14H2,1-6H3. The molecule has 3 atom stereocenters. The Morgan fingerprint density at radius 2 is 1.76 bits per heavy atom. The van der Waals surface area contributed by atoms with Crippen molar-refractivity contribution in [2.24, 2.45) is 16.7 Å². The highest BCUT2D eigenvalue weighted by Crippen LogP contribution is 2.42. The third kappa shape index (κ3) is 4.85. The van der Waals surface area contributed by atoms with Crippen molar-refractivity contribution in [3.63, 3.8) is 0 Å². The van der Waals surface area contributed by atoms with Crippen molar-refractivity contribution >= 4 is 0 Å². The van der Waals surface area contributed by atoms with E-state index in [0.29, 0.717) is 22.9 Å². The number of hydrogen-bond acceptors (Lipinski definition) is 1. The molecule has 0 heterocycles. The molecule has 1 heteroatoms. The lowest BCUT2D eigenvalue weighted by Gasteiger charge is -2.31. The SMILES string of the molecule is CC1CC(C)(C)CC1NC(CC(C)(C)C)c1ccccc1. The Morgan fingerprint density at radius 3 is 2.24 bits per heavy atom. The van der Waals surface area contributed by atoms with Crippen LogP contribution in [-0.2, 0) is 0 Å². The summed E-state index contributed by atoms with van der Waals surface area (Å²) < 4.78 is 0. The fourth-order valence-corrected chi connectivity index (χ4v) is 3.95. The van der Waals surface area contributed by atoms with Crippen molar-refractivity contribution in [3.8, 4) is 0 Å². The maximum absolute atomic E-state index is 3.99. The lowest BCUT2D eigenvalue weighted by atomic mass is 9.84. The Hall–Kier alpha value is -0.820. The molecule has 3 unspecified atom stereocenters. The van der Waals surface area contributed by atoms with E-state index in [2.05, 4.69) is 77.2 Å². The lowest BCUT2D eigenvalue weighted by Crippen LogP contribution is -2.36. The van der Waals surface area contributed by atoms with Crippen molar-refractivity contribution in [2.45, 2.75) is 72.9 Å². The first kappa shape index (κ1) is 16.5. The molecule has 1 aromatic carbocycles. The molecule has 0 aliphatic heterocycles. The normalized spacial score (nSPS) is 26.8. The molecule has 21 heavy (non-hydrogen) atoms. The van der Waals surface area contributed by atoms with Crippen molar-refractivity contribution < 1.29 is 0 Å². The number of nitrogens with one attached hydrogen (secondary N) is 1. The second-order valence-corrected chi connectivity index (χ2v) is 9.05. The van der Waals surface area contributed by atoms with Gasteiger partial charge >= 0.3 is 0 Å². The predicted molar refractivity (Wildman–Crippen MR) is 92.4 cm³/mol. The second kappa shape index (κ2) is 6.12. The fraction of sp³-hybridized carbons (Fsp3) is 0.700. The van der Waals surface area contributed by atoms with Gasteiger partial charge < -0.3 is 5.32 Å². The fourth-order valence-electron chi connectivity index (χ4n) is 3.95. The average molecular weight is 287 g/mol. The van der Waals surface area contributed by atoms with E-state index in [9.17, 15) is 0 Å². The van der Waals surface area contributed by atoms with Crippen molar-refractivity contribution in [3.05, 3.63) is 35.9 Å². The molecule has 118 valence electrons. The molecule has 0 spiro atoms. The van der Waals surface area contributed by atoms with E-state index in [1.165, 1.54) is 24.8 Å². The Bertz CT molecular complexity index is 441. The van der Waals surface area contributed by atoms with Gasteiger partial charge in [0.2, 0.25) is 0 Å². The minimum Gasteiger partial charge on any atom is -0.307 e. The molecule has 1 saturated carbocycles. The molecule has 0 radical (unpaired) electrons. The maximum Gasteiger partial charge on any atom is 0.0327 e. The number of rotatable bonds is 4. The first-order valence-electron chi connectivity index (χ1n) is 8.47. The van der Waals surface area contributed by atoms with Gasteiger partial charge in [-0.3, -0.25) is 0 Å². The lowest BCUT2D eigenvalue weighted by molar-refractivity contribution is 0.274. The van der Waals surface area contributed by atoms with E-state index in [1.54, 1.807) is 0 Å². The minimum atomic E-state index is 0.338. The maximum atomic E-state index is 3.99. The van der Waals surface area contributed by atoms with Crippen LogP contribution in [-0.4, -0.2) is 6.04 Å². The van der Waals surface area contributed by atoms with Gasteiger partial charge in [-0.2, -0.15) is 0 Å². The van der Waals surface area contributed by atoms with E-state index >= 15 is 0 Å². The van der Waals surface area contributed by atoms with Crippen molar-refractivity contribution in [2.75, 3.05) is 0 Å². The van der Waals surface area contributed by atoms with Gasteiger partial charge in [-0.1, -0.05) is 71.9 Å². The highest BCUT2D eigenvalue weighted by molar-refractivity contribution is 5.19. The quantitative estimate of drug-likeness (QED) is 0.762. The van der Waals surface area contributed by atoms with Crippen LogP contribution in [0.1, 0.15) is 72.4 Å². The van der Waals surface area contributed by atoms with Crippen LogP contribution in [0.3, 0.4) is 0 Å². The summed E-state index contributed by atoms with van der Waals surface area (Å²) >= 11 is 0. The van der Waals surface area contributed by atoms with Crippen LogP contribution in [0.15, 0.2) is 30.3 Å². The van der Waals surface area contributed by atoms with Crippen LogP contribution in [0, 0.1) is 16.7 Å². The smallest absolute Gasteiger partial charge is 0.0327 e. The zero-order valence-corrected chi connectivity index (χ0v) is 14.7. The summed E-state index contributed by atoms with van der Waals surface area (Å²) in [5.74, 6) is 0.770. The van der Waals surface area contributed by atoms with Gasteiger partial charge in [0.1, 0.15) is 0 Å². The second-order valence-electron chi connectivity index (χ2n) is 9.05. The zero-order chi connectivity index (χ0) is 15.7. The van der Waals surface area contributed by atoms with E-state index in [1.807, 2.05) is 0 Å². The summed E-state index contributed by atoms with van der Waals surface area (Å²) in [5.41, 5.74) is 2.26. The number of benzene rings is 1. The molecule has 1 aromatic rings. The van der Waals surface area contributed by atoms with Crippen LogP contribution < -0.4 is 5.32 Å². The summed E-state index contributed by atoms with van der Waals surface area (Å²) in [7, 11) is 0. The number of hydrogen-bond donors (Lipinski definition) is 1. The van der Waals surface area contributed by atoms with Crippen LogP contribution in [0.25, 0.3) is 0 Å². The van der Waals surface area contributed by atoms with E-state index in [-0.39, 0.29) is 0 Å². The molecular weight excluding hydrogens is 254 g/mol. The first-order chi connectivity index (χ1) is 9.66. The Morgan fingerprint density at radius 1 is 1.14 bits per heavy atom. The Balaban J connectivity index is 2.13. The topological polar surface area (TPSA) is 12.0 Å². The van der Waals surface area contributed by atoms with Gasteiger partial charge in [-0.05, 0) is 41.6 Å². The molecule has 1 fully saturated rings. The van der Waals surface area contributed by atoms with Crippen molar-refractivity contribution in [1.82, 2.24) is 5.32 Å². The van der Waals surface area contributed by atoms with Gasteiger partial charge in [-0.25, -0.2) is 0 Å². The molecule has 1 N–H and O–H groups in total. The molecule has 0 saturated heterocycles. The highest BCUT2D eigenvalue weighted by atomic mass is 15.0. The van der Waals surface area contributed by atoms with Gasteiger partial charge in [0.25, 0.3) is 0 Å². The van der Waals surface area contributed by atoms with Crippen LogP contribution in [0.4, 0.5) is 0 Å². The predicted octanol–water partition coefficient (Wildman–Crippen LogP) is 5.58. The molecule has 0 bridgehead atoms. The summed E-state index contributed by atoms with van der Waals surface area (Å²) in [5, 5.41) is 3.99. The summed E-state index contributed by atoms with van der Waals surface area (Å²) in [6.07, 6.45) is 3.81. The van der Waals surface area contributed by atoms with Crippen molar-refractivity contribution in [1.29, 1.82) is 0 Å². The van der Waals surface area contributed by atoms with Gasteiger partial charge in [0.15, 0.2) is 0 Å². The molecule has 0 amide bonds. The zero-order valence-electron chi connectivity index (χ0n) is 14.7. The first-order valence-corrected chi connectivity index (χ1v) is 8.47. The van der Waals surface area contributed by atoms with Crippen LogP contribution in [0.2, 0.25) is 0 Å². The minimum absolute atomic E-state index is 0.338. The van der Waals surface area contributed by atoms with E-state index in [4.69, 9.17) is 0 Å². The summed E-state index contributed by atoms with van der Waals surface area (Å²) in [6.45, 7) is 14.2. The third-order valence-electron chi connectivity index (χ3n) is 4.77. The monoisotopic (exact) mass is 287 g/mol. The van der Waals surface area contributed by atoms with Gasteiger partial charge in [-0.15, -0.1) is 0 Å².